The van der Waals surface area contributed by atoms with Gasteiger partial charge in [0, 0.05) is 0 Å². The number of halogens is 2. The van der Waals surface area contributed by atoms with Crippen LogP contribution in [0.3, 0.4) is 0 Å². The zero-order valence-electron chi connectivity index (χ0n) is 29.8. The van der Waals surface area contributed by atoms with Crippen molar-refractivity contribution in [3.8, 4) is 5.75 Å². The number of alkyl halides is 2. The predicted molar refractivity (Wildman–Crippen MR) is 195 cm³/mol. The summed E-state index contributed by atoms with van der Waals surface area (Å²) in [6.07, 6.45) is 12.2. The molecule has 1 heterocycles. The van der Waals surface area contributed by atoms with E-state index in [0.717, 1.165) is 27.2 Å². The molecule has 274 valence electrons. The maximum Gasteiger partial charge on any atom is 0.405 e. The molecule has 6 nitrogen and oxygen atoms in total. The third-order valence-corrected chi connectivity index (χ3v) is 13.3. The minimum atomic E-state index is -5.63. The quantitative estimate of drug-likeness (QED) is 0.174. The van der Waals surface area contributed by atoms with E-state index >= 15 is 0 Å². The van der Waals surface area contributed by atoms with E-state index in [9.17, 15) is 17.2 Å². The lowest BCUT2D eigenvalue weighted by Crippen LogP contribution is -2.47. The summed E-state index contributed by atoms with van der Waals surface area (Å²) in [5.74, 6) is 0.624. The van der Waals surface area contributed by atoms with Gasteiger partial charge in [0.15, 0.2) is 20.8 Å². The van der Waals surface area contributed by atoms with Gasteiger partial charge in [0.1, 0.15) is 11.4 Å². The lowest BCUT2D eigenvalue weighted by molar-refractivity contribution is -0.221. The largest absolute Gasteiger partial charge is 0.483 e. The Bertz CT molecular complexity index is 1600. The number of hydrogen-bond donors (Lipinski definition) is 1. The Labute approximate surface area is 300 Å². The Balaban J connectivity index is 1.42. The summed E-state index contributed by atoms with van der Waals surface area (Å²) in [5, 5.41) is -4.45. The van der Waals surface area contributed by atoms with E-state index in [-0.39, 0.29) is 11.4 Å². The molecule has 2 aliphatic rings. The molecule has 5 rings (SSSR count). The fourth-order valence-electron chi connectivity index (χ4n) is 6.78. The molecule has 0 radical (unpaired) electrons. The first kappa shape index (κ1) is 38.7. The average molecular weight is 732 g/mol. The Hall–Kier alpha value is -2.50. The maximum absolute atomic E-state index is 14.2. The van der Waals surface area contributed by atoms with Crippen molar-refractivity contribution >= 4 is 21.0 Å². The Morgan fingerprint density at radius 2 is 1.20 bits per heavy atom. The molecule has 3 unspecified atom stereocenters. The van der Waals surface area contributed by atoms with Crippen molar-refractivity contribution < 1.29 is 36.0 Å². The van der Waals surface area contributed by atoms with Gasteiger partial charge in [0.25, 0.3) is 0 Å². The highest BCUT2D eigenvalue weighted by atomic mass is 32.2. The minimum absolute atomic E-state index is 0.0756. The van der Waals surface area contributed by atoms with Crippen LogP contribution in [0.2, 0.25) is 0 Å². The molecule has 0 aromatic heterocycles. The predicted octanol–water partition coefficient (Wildman–Crippen LogP) is 10.5. The van der Waals surface area contributed by atoms with Gasteiger partial charge in [0.05, 0.1) is 29.7 Å². The molecular weight excluding hydrogens is 679 g/mol. The van der Waals surface area contributed by atoms with Crippen LogP contribution < -0.4 is 4.74 Å². The Kier molecular flexibility index (Phi) is 12.7. The van der Waals surface area contributed by atoms with Gasteiger partial charge < -0.3 is 14.2 Å². The molecule has 1 saturated carbocycles. The first-order chi connectivity index (χ1) is 23.7. The molecular formula is C40H53F2O6S2+. The highest BCUT2D eigenvalue weighted by Crippen LogP contribution is 2.38. The third-order valence-electron chi connectivity index (χ3n) is 10.1. The molecule has 2 fully saturated rings. The smallest absolute Gasteiger partial charge is 0.405 e. The van der Waals surface area contributed by atoms with Crippen molar-refractivity contribution in [1.82, 2.24) is 0 Å². The summed E-state index contributed by atoms with van der Waals surface area (Å²) in [5.41, 5.74) is 1.51. The van der Waals surface area contributed by atoms with Crippen molar-refractivity contribution in [3.63, 3.8) is 0 Å². The zero-order chi connectivity index (χ0) is 36.0. The van der Waals surface area contributed by atoms with E-state index in [2.05, 4.69) is 48.5 Å². The van der Waals surface area contributed by atoms with Gasteiger partial charge in [-0.05, 0) is 106 Å². The fourth-order valence-corrected chi connectivity index (χ4v) is 9.29. The Morgan fingerprint density at radius 1 is 0.740 bits per heavy atom. The van der Waals surface area contributed by atoms with Gasteiger partial charge in [-0.1, -0.05) is 82.1 Å². The number of hydrogen-bond acceptors (Lipinski definition) is 5. The van der Waals surface area contributed by atoms with E-state index < -0.39 is 38.0 Å². The second-order valence-electron chi connectivity index (χ2n) is 14.7. The van der Waals surface area contributed by atoms with Crippen molar-refractivity contribution in [2.45, 2.75) is 141 Å². The summed E-state index contributed by atoms with van der Waals surface area (Å²) in [6, 6.07) is 24.2. The van der Waals surface area contributed by atoms with Crippen LogP contribution in [0.1, 0.15) is 115 Å². The Morgan fingerprint density at radius 3 is 1.66 bits per heavy atom. The van der Waals surface area contributed by atoms with Crippen LogP contribution in [0.15, 0.2) is 87.5 Å². The summed E-state index contributed by atoms with van der Waals surface area (Å²) >= 11 is 0. The van der Waals surface area contributed by atoms with Gasteiger partial charge in [-0.25, -0.2) is 0 Å². The lowest BCUT2D eigenvalue weighted by Gasteiger charge is -2.41. The van der Waals surface area contributed by atoms with E-state index in [0.29, 0.717) is 19.1 Å². The van der Waals surface area contributed by atoms with Crippen LogP contribution in [0, 0.1) is 0 Å². The highest BCUT2D eigenvalue weighted by Gasteiger charge is 2.51. The molecule has 10 heteroatoms. The third kappa shape index (κ3) is 9.68. The standard InChI is InChI=1S/C40H52F2O6S2/c1-30(40(41,42)50(43,44)45)48-34-20-26-37(27-21-34)49(36-24-18-33(19-25-36)39(4)29-46-38(2,3)28-47-39)35-22-16-32(17-23-35)31-14-12-10-8-6-5-7-9-11-13-15-31/h16-27,30-31H,5-15,28-29H2,1-4H3/p+1. The van der Waals surface area contributed by atoms with Gasteiger partial charge in [0.2, 0.25) is 0 Å². The van der Waals surface area contributed by atoms with E-state index in [1.807, 2.05) is 32.9 Å². The summed E-state index contributed by atoms with van der Waals surface area (Å²) in [7, 11) is -6.18. The number of ether oxygens (including phenoxy) is 3. The molecule has 1 saturated heterocycles. The number of benzene rings is 3. The second-order valence-corrected chi connectivity index (χ2v) is 18.2. The van der Waals surface area contributed by atoms with Crippen LogP contribution in [0.25, 0.3) is 0 Å². The van der Waals surface area contributed by atoms with Crippen LogP contribution in [-0.4, -0.2) is 43.1 Å². The molecule has 1 aliphatic heterocycles. The maximum atomic E-state index is 14.2. The molecule has 3 aromatic rings. The lowest BCUT2D eigenvalue weighted by atomic mass is 9.87. The summed E-state index contributed by atoms with van der Waals surface area (Å²) < 4.78 is 77.6. The van der Waals surface area contributed by atoms with Crippen molar-refractivity contribution in [1.29, 1.82) is 0 Å². The van der Waals surface area contributed by atoms with Crippen LogP contribution in [0.4, 0.5) is 8.78 Å². The second kappa shape index (κ2) is 16.4. The molecule has 50 heavy (non-hydrogen) atoms. The van der Waals surface area contributed by atoms with Gasteiger partial charge in [-0.3, -0.25) is 4.55 Å². The zero-order valence-corrected chi connectivity index (χ0v) is 31.5. The normalized spacial score (nSPS) is 22.9. The molecule has 0 bridgehead atoms. The first-order valence-corrected chi connectivity index (χ1v) is 20.7. The van der Waals surface area contributed by atoms with Crippen molar-refractivity contribution in [2.75, 3.05) is 13.2 Å². The fraction of sp³-hybridized carbons (Fsp3) is 0.550. The topological polar surface area (TPSA) is 82.1 Å². The van der Waals surface area contributed by atoms with Gasteiger partial charge in [-0.2, -0.15) is 17.2 Å². The van der Waals surface area contributed by atoms with Crippen molar-refractivity contribution in [3.05, 3.63) is 83.9 Å². The number of rotatable bonds is 9. The molecule has 1 aliphatic carbocycles. The molecule has 0 amide bonds. The van der Waals surface area contributed by atoms with Crippen LogP contribution in [0.5, 0.6) is 5.75 Å². The monoisotopic (exact) mass is 731 g/mol. The molecule has 0 spiro atoms. The molecule has 3 atom stereocenters. The van der Waals surface area contributed by atoms with Crippen LogP contribution >= 0.6 is 0 Å². The molecule has 1 N–H and O–H groups in total. The van der Waals surface area contributed by atoms with E-state index in [4.69, 9.17) is 18.8 Å². The average Bonchev–Trinajstić information content (AvgIpc) is 3.07. The van der Waals surface area contributed by atoms with Gasteiger partial charge >= 0.3 is 15.4 Å². The summed E-state index contributed by atoms with van der Waals surface area (Å²) in [4.78, 5) is 3.15. The molecule has 3 aromatic carbocycles. The summed E-state index contributed by atoms with van der Waals surface area (Å²) in [6.45, 7) is 7.94. The van der Waals surface area contributed by atoms with E-state index in [1.54, 1.807) is 12.1 Å². The SMILES string of the molecule is CC(Oc1ccc([S+](c2ccc(C3CCCCCCCCCCC3)cc2)c2ccc(C3(C)COC(C)(C)CO3)cc2)cc1)C(F)(F)S(=O)(=O)O. The van der Waals surface area contributed by atoms with E-state index in [1.165, 1.54) is 76.2 Å². The highest BCUT2D eigenvalue weighted by molar-refractivity contribution is 7.97. The van der Waals surface area contributed by atoms with Crippen LogP contribution in [-0.2, 0) is 36.1 Å². The first-order valence-electron chi connectivity index (χ1n) is 18.0. The van der Waals surface area contributed by atoms with Gasteiger partial charge in [-0.15, -0.1) is 0 Å². The van der Waals surface area contributed by atoms with Crippen molar-refractivity contribution in [2.24, 2.45) is 0 Å². The minimum Gasteiger partial charge on any atom is -0.483 e.